The fourth-order valence-electron chi connectivity index (χ4n) is 2.12. The Kier molecular flexibility index (Phi) is 5.45. The summed E-state index contributed by atoms with van der Waals surface area (Å²) >= 11 is 6.42. The molecule has 2 nitrogen and oxygen atoms in total. The van der Waals surface area contributed by atoms with Gasteiger partial charge in [0.1, 0.15) is 5.75 Å². The van der Waals surface area contributed by atoms with Gasteiger partial charge in [0.15, 0.2) is 0 Å². The fourth-order valence-corrected chi connectivity index (χ4v) is 2.42. The molecule has 0 heterocycles. The summed E-state index contributed by atoms with van der Waals surface area (Å²) in [6, 6.07) is 14.2. The second kappa shape index (κ2) is 7.32. The van der Waals surface area contributed by atoms with E-state index in [1.165, 1.54) is 5.56 Å². The van der Waals surface area contributed by atoms with Crippen molar-refractivity contribution in [2.75, 3.05) is 13.7 Å². The van der Waals surface area contributed by atoms with Crippen LogP contribution in [0.5, 0.6) is 5.75 Å². The lowest BCUT2D eigenvalue weighted by atomic mass is 10.0. The molecule has 3 heteroatoms. The van der Waals surface area contributed by atoms with Crippen molar-refractivity contribution in [1.29, 1.82) is 0 Å². The number of halogens is 1. The lowest BCUT2D eigenvalue weighted by Gasteiger charge is -2.13. The molecular weight excluding hydrogens is 270 g/mol. The monoisotopic (exact) mass is 289 g/mol. The van der Waals surface area contributed by atoms with Gasteiger partial charge in [0.2, 0.25) is 0 Å². The van der Waals surface area contributed by atoms with Crippen LogP contribution in [0, 0.1) is 0 Å². The van der Waals surface area contributed by atoms with Gasteiger partial charge in [-0.1, -0.05) is 48.9 Å². The van der Waals surface area contributed by atoms with E-state index >= 15 is 0 Å². The van der Waals surface area contributed by atoms with Crippen LogP contribution >= 0.6 is 11.6 Å². The minimum absolute atomic E-state index is 0.715. The first-order valence-corrected chi connectivity index (χ1v) is 7.29. The van der Waals surface area contributed by atoms with Gasteiger partial charge in [0.05, 0.1) is 6.61 Å². The highest BCUT2D eigenvalue weighted by atomic mass is 35.5. The molecule has 0 amide bonds. The zero-order valence-electron chi connectivity index (χ0n) is 11.9. The van der Waals surface area contributed by atoms with Gasteiger partial charge in [-0.15, -0.1) is 0 Å². The largest absolute Gasteiger partial charge is 0.493 e. The minimum atomic E-state index is 0.715. The Labute approximate surface area is 125 Å². The third-order valence-corrected chi connectivity index (χ3v) is 3.37. The van der Waals surface area contributed by atoms with E-state index in [2.05, 4.69) is 24.4 Å². The quantitative estimate of drug-likeness (QED) is 0.844. The number of para-hydroxylation sites is 1. The SMILES string of the molecule is CCCOc1ccccc1-c1ccc(CNC)cc1Cl. The van der Waals surface area contributed by atoms with Crippen molar-refractivity contribution < 1.29 is 4.74 Å². The summed E-state index contributed by atoms with van der Waals surface area (Å²) in [5, 5.41) is 3.88. The lowest BCUT2D eigenvalue weighted by Crippen LogP contribution is -2.04. The van der Waals surface area contributed by atoms with Crippen LogP contribution in [-0.4, -0.2) is 13.7 Å². The van der Waals surface area contributed by atoms with Crippen LogP contribution in [0.15, 0.2) is 42.5 Å². The van der Waals surface area contributed by atoms with E-state index in [4.69, 9.17) is 16.3 Å². The molecule has 0 radical (unpaired) electrons. The molecule has 0 atom stereocenters. The Morgan fingerprint density at radius 2 is 1.90 bits per heavy atom. The Balaban J connectivity index is 2.36. The summed E-state index contributed by atoms with van der Waals surface area (Å²) in [5.41, 5.74) is 3.23. The molecule has 0 aliphatic carbocycles. The smallest absolute Gasteiger partial charge is 0.127 e. The van der Waals surface area contributed by atoms with Gasteiger partial charge in [-0.25, -0.2) is 0 Å². The standard InChI is InChI=1S/C17H20ClNO/c1-3-10-20-17-7-5-4-6-15(17)14-9-8-13(12-19-2)11-16(14)18/h4-9,11,19H,3,10,12H2,1-2H3. The lowest BCUT2D eigenvalue weighted by molar-refractivity contribution is 0.318. The summed E-state index contributed by atoms with van der Waals surface area (Å²) in [4.78, 5) is 0. The number of nitrogens with one attached hydrogen (secondary N) is 1. The third kappa shape index (κ3) is 3.53. The first-order chi connectivity index (χ1) is 9.76. The molecule has 0 saturated carbocycles. The van der Waals surface area contributed by atoms with Crippen molar-refractivity contribution in [2.24, 2.45) is 0 Å². The molecule has 0 unspecified atom stereocenters. The van der Waals surface area contributed by atoms with Crippen molar-refractivity contribution in [3.05, 3.63) is 53.1 Å². The minimum Gasteiger partial charge on any atom is -0.493 e. The van der Waals surface area contributed by atoms with Crippen LogP contribution < -0.4 is 10.1 Å². The van der Waals surface area contributed by atoms with E-state index in [0.717, 1.165) is 34.9 Å². The predicted molar refractivity (Wildman–Crippen MR) is 85.4 cm³/mol. The van der Waals surface area contributed by atoms with E-state index in [1.54, 1.807) is 0 Å². The van der Waals surface area contributed by atoms with Gasteiger partial charge >= 0.3 is 0 Å². The maximum Gasteiger partial charge on any atom is 0.127 e. The Hall–Kier alpha value is -1.51. The maximum absolute atomic E-state index is 6.42. The molecular formula is C17H20ClNO. The van der Waals surface area contributed by atoms with Crippen molar-refractivity contribution in [2.45, 2.75) is 19.9 Å². The molecule has 2 aromatic rings. The molecule has 2 aromatic carbocycles. The molecule has 20 heavy (non-hydrogen) atoms. The molecule has 0 saturated heterocycles. The summed E-state index contributed by atoms with van der Waals surface area (Å²) in [6.07, 6.45) is 0.989. The summed E-state index contributed by atoms with van der Waals surface area (Å²) in [6.45, 7) is 3.63. The molecule has 0 aliphatic heterocycles. The number of hydrogen-bond acceptors (Lipinski definition) is 2. The van der Waals surface area contributed by atoms with Crippen LogP contribution in [0.2, 0.25) is 5.02 Å². The molecule has 0 aromatic heterocycles. The van der Waals surface area contributed by atoms with E-state index in [9.17, 15) is 0 Å². The highest BCUT2D eigenvalue weighted by Gasteiger charge is 2.09. The van der Waals surface area contributed by atoms with Crippen LogP contribution in [0.4, 0.5) is 0 Å². The molecule has 0 fully saturated rings. The van der Waals surface area contributed by atoms with Gasteiger partial charge in [0, 0.05) is 22.7 Å². The Bertz CT molecular complexity index is 569. The summed E-state index contributed by atoms with van der Waals surface area (Å²) < 4.78 is 5.80. The summed E-state index contributed by atoms with van der Waals surface area (Å²) in [7, 11) is 1.93. The number of benzene rings is 2. The van der Waals surface area contributed by atoms with Gasteiger partial charge in [-0.2, -0.15) is 0 Å². The van der Waals surface area contributed by atoms with E-state index < -0.39 is 0 Å². The topological polar surface area (TPSA) is 21.3 Å². The molecule has 0 aliphatic rings. The Morgan fingerprint density at radius 3 is 2.60 bits per heavy atom. The number of ether oxygens (including phenoxy) is 1. The van der Waals surface area contributed by atoms with E-state index in [-0.39, 0.29) is 0 Å². The van der Waals surface area contributed by atoms with E-state index in [1.807, 2.05) is 37.4 Å². The van der Waals surface area contributed by atoms with Crippen LogP contribution in [0.3, 0.4) is 0 Å². The van der Waals surface area contributed by atoms with Crippen LogP contribution in [0.1, 0.15) is 18.9 Å². The average molecular weight is 290 g/mol. The first-order valence-electron chi connectivity index (χ1n) is 6.91. The van der Waals surface area contributed by atoms with E-state index in [0.29, 0.717) is 6.61 Å². The van der Waals surface area contributed by atoms with Crippen molar-refractivity contribution >= 4 is 11.6 Å². The molecule has 0 bridgehead atoms. The van der Waals surface area contributed by atoms with Crippen molar-refractivity contribution in [1.82, 2.24) is 5.32 Å². The molecule has 0 spiro atoms. The fraction of sp³-hybridized carbons (Fsp3) is 0.294. The third-order valence-electron chi connectivity index (χ3n) is 3.05. The molecule has 106 valence electrons. The summed E-state index contributed by atoms with van der Waals surface area (Å²) in [5.74, 6) is 0.887. The van der Waals surface area contributed by atoms with Crippen LogP contribution in [-0.2, 0) is 6.54 Å². The number of hydrogen-bond donors (Lipinski definition) is 1. The first kappa shape index (κ1) is 14.9. The second-order valence-corrected chi connectivity index (χ2v) is 5.10. The zero-order chi connectivity index (χ0) is 14.4. The average Bonchev–Trinajstić information content (AvgIpc) is 2.46. The Morgan fingerprint density at radius 1 is 1.10 bits per heavy atom. The highest BCUT2D eigenvalue weighted by Crippen LogP contribution is 2.35. The van der Waals surface area contributed by atoms with Gasteiger partial charge in [0.25, 0.3) is 0 Å². The predicted octanol–water partition coefficient (Wildman–Crippen LogP) is 4.52. The normalized spacial score (nSPS) is 10.6. The molecule has 1 N–H and O–H groups in total. The van der Waals surface area contributed by atoms with Gasteiger partial charge in [-0.3, -0.25) is 0 Å². The van der Waals surface area contributed by atoms with Gasteiger partial charge < -0.3 is 10.1 Å². The van der Waals surface area contributed by atoms with Gasteiger partial charge in [-0.05, 0) is 31.2 Å². The zero-order valence-corrected chi connectivity index (χ0v) is 12.7. The van der Waals surface area contributed by atoms with Crippen molar-refractivity contribution in [3.8, 4) is 16.9 Å². The van der Waals surface area contributed by atoms with Crippen molar-refractivity contribution in [3.63, 3.8) is 0 Å². The maximum atomic E-state index is 6.42. The second-order valence-electron chi connectivity index (χ2n) is 4.69. The highest BCUT2D eigenvalue weighted by molar-refractivity contribution is 6.33. The molecule has 2 rings (SSSR count). The number of rotatable bonds is 6. The van der Waals surface area contributed by atoms with Crippen LogP contribution in [0.25, 0.3) is 11.1 Å².